The summed E-state index contributed by atoms with van der Waals surface area (Å²) >= 11 is 0. The number of rotatable bonds is 7. The minimum absolute atomic E-state index is 0.122. The van der Waals surface area contributed by atoms with Crippen molar-refractivity contribution in [3.8, 4) is 11.5 Å². The molecule has 0 spiro atoms. The smallest absolute Gasteiger partial charge is 0.244 e. The second kappa shape index (κ2) is 8.63. The molecule has 2 N–H and O–H groups in total. The maximum absolute atomic E-state index is 11.6. The molecule has 0 fully saturated rings. The molecule has 0 aliphatic rings. The van der Waals surface area contributed by atoms with E-state index in [1.165, 1.54) is 13.0 Å². The van der Waals surface area contributed by atoms with Gasteiger partial charge in [0.2, 0.25) is 11.8 Å². The number of ether oxygens (including phenoxy) is 2. The summed E-state index contributed by atoms with van der Waals surface area (Å²) in [6, 6.07) is 5.35. The van der Waals surface area contributed by atoms with Crippen molar-refractivity contribution in [2.75, 3.05) is 27.3 Å². The summed E-state index contributed by atoms with van der Waals surface area (Å²) in [6.07, 6.45) is 3.08. The van der Waals surface area contributed by atoms with Crippen molar-refractivity contribution in [2.45, 2.75) is 6.92 Å². The highest BCUT2D eigenvalue weighted by Crippen LogP contribution is 2.23. The summed E-state index contributed by atoms with van der Waals surface area (Å²) in [4.78, 5) is 22.3. The number of benzene rings is 1. The zero-order valence-electron chi connectivity index (χ0n) is 12.4. The van der Waals surface area contributed by atoms with E-state index in [2.05, 4.69) is 10.6 Å². The Labute approximate surface area is 124 Å². The quantitative estimate of drug-likeness (QED) is 0.580. The van der Waals surface area contributed by atoms with Gasteiger partial charge < -0.3 is 20.1 Å². The lowest BCUT2D eigenvalue weighted by Crippen LogP contribution is -2.32. The van der Waals surface area contributed by atoms with E-state index in [-0.39, 0.29) is 11.8 Å². The van der Waals surface area contributed by atoms with Gasteiger partial charge in [0.1, 0.15) is 11.5 Å². The van der Waals surface area contributed by atoms with Crippen molar-refractivity contribution in [1.29, 1.82) is 0 Å². The van der Waals surface area contributed by atoms with Gasteiger partial charge in [-0.3, -0.25) is 9.59 Å². The second-order valence-corrected chi connectivity index (χ2v) is 4.25. The van der Waals surface area contributed by atoms with Crippen LogP contribution in [0.4, 0.5) is 0 Å². The highest BCUT2D eigenvalue weighted by Gasteiger charge is 2.00. The fraction of sp³-hybridized carbons (Fsp3) is 0.333. The third kappa shape index (κ3) is 6.47. The molecule has 0 aliphatic carbocycles. The van der Waals surface area contributed by atoms with Crippen LogP contribution in [0.3, 0.4) is 0 Å². The van der Waals surface area contributed by atoms with Crippen molar-refractivity contribution in [1.82, 2.24) is 10.6 Å². The normalized spacial score (nSPS) is 10.2. The van der Waals surface area contributed by atoms with Crippen LogP contribution in [0.15, 0.2) is 24.3 Å². The lowest BCUT2D eigenvalue weighted by Gasteiger charge is -2.06. The molecule has 0 unspecified atom stereocenters. The molecule has 0 saturated carbocycles. The van der Waals surface area contributed by atoms with E-state index in [9.17, 15) is 9.59 Å². The highest BCUT2D eigenvalue weighted by atomic mass is 16.5. The summed E-state index contributed by atoms with van der Waals surface area (Å²) in [5, 5.41) is 5.26. The monoisotopic (exact) mass is 292 g/mol. The lowest BCUT2D eigenvalue weighted by atomic mass is 10.2. The molecule has 21 heavy (non-hydrogen) atoms. The molecule has 114 valence electrons. The minimum atomic E-state index is -0.234. The van der Waals surface area contributed by atoms with Crippen LogP contribution in [0, 0.1) is 0 Å². The third-order valence-corrected chi connectivity index (χ3v) is 2.60. The summed E-state index contributed by atoms with van der Waals surface area (Å²) < 4.78 is 10.3. The van der Waals surface area contributed by atoms with Crippen molar-refractivity contribution < 1.29 is 19.1 Å². The number of nitrogens with one attached hydrogen (secondary N) is 2. The van der Waals surface area contributed by atoms with Gasteiger partial charge in [0.25, 0.3) is 0 Å². The maximum atomic E-state index is 11.6. The van der Waals surface area contributed by atoms with Crippen LogP contribution in [-0.4, -0.2) is 39.1 Å². The predicted octanol–water partition coefficient (Wildman–Crippen LogP) is 0.969. The van der Waals surface area contributed by atoms with Crippen LogP contribution >= 0.6 is 0 Å². The Morgan fingerprint density at radius 1 is 1.05 bits per heavy atom. The molecule has 0 heterocycles. The first-order chi connectivity index (χ1) is 10.0. The molecule has 0 radical (unpaired) electrons. The van der Waals surface area contributed by atoms with E-state index >= 15 is 0 Å². The lowest BCUT2D eigenvalue weighted by molar-refractivity contribution is -0.119. The maximum Gasteiger partial charge on any atom is 0.244 e. The first kappa shape index (κ1) is 16.6. The molecule has 0 atom stereocenters. The fourth-order valence-corrected chi connectivity index (χ4v) is 1.58. The van der Waals surface area contributed by atoms with Gasteiger partial charge >= 0.3 is 0 Å². The topological polar surface area (TPSA) is 76.7 Å². The Kier molecular flexibility index (Phi) is 6.80. The Hall–Kier alpha value is -2.50. The van der Waals surface area contributed by atoms with Crippen LogP contribution in [0.5, 0.6) is 11.5 Å². The molecule has 0 bridgehead atoms. The van der Waals surface area contributed by atoms with E-state index < -0.39 is 0 Å². The molecule has 0 aliphatic heterocycles. The molecule has 1 aromatic rings. The van der Waals surface area contributed by atoms with Crippen molar-refractivity contribution in [2.24, 2.45) is 0 Å². The number of amides is 2. The number of carbonyl (C=O) groups is 2. The van der Waals surface area contributed by atoms with Crippen molar-refractivity contribution in [3.63, 3.8) is 0 Å². The minimum Gasteiger partial charge on any atom is -0.497 e. The van der Waals surface area contributed by atoms with Crippen molar-refractivity contribution in [3.05, 3.63) is 29.8 Å². The molecule has 2 amide bonds. The highest BCUT2D eigenvalue weighted by molar-refractivity contribution is 5.91. The largest absolute Gasteiger partial charge is 0.497 e. The molecule has 1 aromatic carbocycles. The summed E-state index contributed by atoms with van der Waals surface area (Å²) in [6.45, 7) is 2.21. The van der Waals surface area contributed by atoms with Crippen molar-refractivity contribution >= 4 is 17.9 Å². The third-order valence-electron chi connectivity index (χ3n) is 2.60. The van der Waals surface area contributed by atoms with Gasteiger partial charge in [0.05, 0.1) is 14.2 Å². The van der Waals surface area contributed by atoms with Crippen LogP contribution in [0.1, 0.15) is 12.5 Å². The number of methoxy groups -OCH3 is 2. The van der Waals surface area contributed by atoms with Gasteiger partial charge in [-0.15, -0.1) is 0 Å². The molecule has 0 saturated heterocycles. The van der Waals surface area contributed by atoms with E-state index in [0.717, 1.165) is 5.56 Å². The summed E-state index contributed by atoms with van der Waals surface area (Å²) in [7, 11) is 3.13. The Morgan fingerprint density at radius 3 is 2.14 bits per heavy atom. The Balaban J connectivity index is 2.55. The number of hydrogen-bond acceptors (Lipinski definition) is 4. The summed E-state index contributed by atoms with van der Waals surface area (Å²) in [5.41, 5.74) is 0.795. The average Bonchev–Trinajstić information content (AvgIpc) is 2.48. The number of carbonyl (C=O) groups excluding carboxylic acids is 2. The second-order valence-electron chi connectivity index (χ2n) is 4.25. The zero-order valence-corrected chi connectivity index (χ0v) is 12.4. The van der Waals surface area contributed by atoms with Gasteiger partial charge in [0, 0.05) is 32.2 Å². The fourth-order valence-electron chi connectivity index (χ4n) is 1.58. The number of hydrogen-bond donors (Lipinski definition) is 2. The first-order valence-corrected chi connectivity index (χ1v) is 6.48. The van der Waals surface area contributed by atoms with Crippen LogP contribution in [-0.2, 0) is 9.59 Å². The van der Waals surface area contributed by atoms with E-state index in [1.807, 2.05) is 0 Å². The molecule has 1 rings (SSSR count). The van der Waals surface area contributed by atoms with Crippen LogP contribution < -0.4 is 20.1 Å². The predicted molar refractivity (Wildman–Crippen MR) is 80.3 cm³/mol. The van der Waals surface area contributed by atoms with Crippen LogP contribution in [0.25, 0.3) is 6.08 Å². The first-order valence-electron chi connectivity index (χ1n) is 6.48. The van der Waals surface area contributed by atoms with E-state index in [4.69, 9.17) is 9.47 Å². The van der Waals surface area contributed by atoms with Gasteiger partial charge in [0.15, 0.2) is 0 Å². The van der Waals surface area contributed by atoms with E-state index in [1.54, 1.807) is 38.5 Å². The van der Waals surface area contributed by atoms with E-state index in [0.29, 0.717) is 24.6 Å². The molecular weight excluding hydrogens is 272 g/mol. The summed E-state index contributed by atoms with van der Waals surface area (Å²) in [5.74, 6) is 0.950. The van der Waals surface area contributed by atoms with Gasteiger partial charge in [-0.1, -0.05) is 0 Å². The Morgan fingerprint density at radius 2 is 1.62 bits per heavy atom. The van der Waals surface area contributed by atoms with Gasteiger partial charge in [-0.25, -0.2) is 0 Å². The molecule has 0 aromatic heterocycles. The van der Waals surface area contributed by atoms with Gasteiger partial charge in [-0.2, -0.15) is 0 Å². The SMILES string of the molecule is COc1cc(/C=C/C(=O)NCCNC(C)=O)cc(OC)c1. The Bertz CT molecular complexity index is 504. The van der Waals surface area contributed by atoms with Crippen LogP contribution in [0.2, 0.25) is 0 Å². The van der Waals surface area contributed by atoms with Gasteiger partial charge in [-0.05, 0) is 23.8 Å². The standard InChI is InChI=1S/C15H20N2O4/c1-11(18)16-6-7-17-15(19)5-4-12-8-13(20-2)10-14(9-12)21-3/h4-5,8-10H,6-7H2,1-3H3,(H,16,18)(H,17,19)/b5-4+. The zero-order chi connectivity index (χ0) is 15.7. The molecule has 6 heteroatoms. The molecular formula is C15H20N2O4. The molecule has 6 nitrogen and oxygen atoms in total. The average molecular weight is 292 g/mol.